The molecule has 3 aromatic carbocycles. The van der Waals surface area contributed by atoms with Gasteiger partial charge in [0, 0.05) is 22.3 Å². The Kier molecular flexibility index (Phi) is 6.30. The van der Waals surface area contributed by atoms with Crippen LogP contribution in [0.1, 0.15) is 11.4 Å². The molecule has 0 amide bonds. The summed E-state index contributed by atoms with van der Waals surface area (Å²) in [5, 5.41) is 19.0. The van der Waals surface area contributed by atoms with Gasteiger partial charge in [-0.2, -0.15) is 10.5 Å². The van der Waals surface area contributed by atoms with Crippen molar-refractivity contribution in [3.63, 3.8) is 0 Å². The van der Waals surface area contributed by atoms with E-state index < -0.39 is 0 Å². The maximum atomic E-state index is 9.54. The standard InChI is InChI=1S/C30H14N8/c1-33-29-30(34-2)38-28(27(37-29)20-11-7-4-8-12-20)22-15-13-21(14-16-22)26-25(19-9-5-3-6-10-19)35-23(17-31)24(18-32)36-26/h3-16H. The van der Waals surface area contributed by atoms with Gasteiger partial charge in [0.2, 0.25) is 11.4 Å². The lowest BCUT2D eigenvalue weighted by Gasteiger charge is -2.11. The third-order valence-corrected chi connectivity index (χ3v) is 5.71. The molecule has 0 spiro atoms. The highest BCUT2D eigenvalue weighted by molar-refractivity contribution is 5.84. The second-order valence-corrected chi connectivity index (χ2v) is 7.94. The molecule has 0 saturated heterocycles. The summed E-state index contributed by atoms with van der Waals surface area (Å²) in [6, 6.07) is 29.9. The van der Waals surface area contributed by atoms with Gasteiger partial charge in [-0.3, -0.25) is 0 Å². The maximum Gasteiger partial charge on any atom is 0.294 e. The quantitative estimate of drug-likeness (QED) is 0.259. The Labute approximate surface area is 218 Å². The van der Waals surface area contributed by atoms with Crippen LogP contribution in [0.25, 0.3) is 54.7 Å². The van der Waals surface area contributed by atoms with Crippen molar-refractivity contribution in [3.05, 3.63) is 119 Å². The normalized spacial score (nSPS) is 10.0. The molecule has 0 fully saturated rings. The molecule has 0 bridgehead atoms. The average Bonchev–Trinajstić information content (AvgIpc) is 3.00. The van der Waals surface area contributed by atoms with E-state index in [1.54, 1.807) is 0 Å². The van der Waals surface area contributed by atoms with E-state index in [-0.39, 0.29) is 23.0 Å². The van der Waals surface area contributed by atoms with E-state index in [0.29, 0.717) is 33.9 Å². The highest BCUT2D eigenvalue weighted by Gasteiger charge is 2.23. The second kappa shape index (κ2) is 10.2. The molecule has 8 heteroatoms. The third-order valence-electron chi connectivity index (χ3n) is 5.71. The molecule has 0 aliphatic rings. The van der Waals surface area contributed by atoms with E-state index in [4.69, 9.17) is 13.1 Å². The van der Waals surface area contributed by atoms with Crippen molar-refractivity contribution >= 4 is 11.6 Å². The van der Waals surface area contributed by atoms with Crippen LogP contribution in [0.5, 0.6) is 0 Å². The lowest BCUT2D eigenvalue weighted by atomic mass is 9.99. The first-order valence-corrected chi connectivity index (χ1v) is 11.3. The van der Waals surface area contributed by atoms with Crippen LogP contribution in [0.15, 0.2) is 84.9 Å². The van der Waals surface area contributed by atoms with Gasteiger partial charge in [0.25, 0.3) is 11.6 Å². The smallest absolute Gasteiger partial charge is 0.294 e. The number of benzene rings is 3. The van der Waals surface area contributed by atoms with Gasteiger partial charge in [-0.15, -0.1) is 9.97 Å². The van der Waals surface area contributed by atoms with Crippen LogP contribution in [0, 0.1) is 35.8 Å². The van der Waals surface area contributed by atoms with Gasteiger partial charge in [0.15, 0.2) is 11.4 Å². The molecule has 0 aliphatic carbocycles. The first-order chi connectivity index (χ1) is 18.7. The number of rotatable bonds is 4. The Hall–Kier alpha value is -6.22. The lowest BCUT2D eigenvalue weighted by Crippen LogP contribution is -2.01. The zero-order valence-corrected chi connectivity index (χ0v) is 19.7. The summed E-state index contributed by atoms with van der Waals surface area (Å²) in [5.41, 5.74) is 4.69. The van der Waals surface area contributed by atoms with Crippen LogP contribution >= 0.6 is 0 Å². The van der Waals surface area contributed by atoms with Gasteiger partial charge in [0.1, 0.15) is 12.1 Å². The minimum atomic E-state index is -0.0678. The fraction of sp³-hybridized carbons (Fsp3) is 0. The summed E-state index contributed by atoms with van der Waals surface area (Å²) in [6.07, 6.45) is 0. The van der Waals surface area contributed by atoms with E-state index in [0.717, 1.165) is 11.1 Å². The minimum absolute atomic E-state index is 0.0407. The highest BCUT2D eigenvalue weighted by Crippen LogP contribution is 2.37. The fourth-order valence-electron chi connectivity index (χ4n) is 3.94. The molecule has 5 rings (SSSR count). The Morgan fingerprint density at radius 1 is 0.474 bits per heavy atom. The van der Waals surface area contributed by atoms with Crippen molar-refractivity contribution in [3.8, 4) is 57.2 Å². The van der Waals surface area contributed by atoms with Crippen molar-refractivity contribution in [2.45, 2.75) is 0 Å². The number of nitriles is 2. The molecule has 0 atom stereocenters. The maximum absolute atomic E-state index is 9.54. The number of hydrogen-bond donors (Lipinski definition) is 0. The fourth-order valence-corrected chi connectivity index (χ4v) is 3.94. The minimum Gasteiger partial charge on any atom is -0.370 e. The van der Waals surface area contributed by atoms with E-state index in [2.05, 4.69) is 29.6 Å². The molecule has 0 aliphatic heterocycles. The summed E-state index contributed by atoms with van der Waals surface area (Å²) in [6.45, 7) is 14.9. The van der Waals surface area contributed by atoms with Gasteiger partial charge in [-0.25, -0.2) is 9.97 Å². The Balaban J connectivity index is 1.68. The van der Waals surface area contributed by atoms with Crippen LogP contribution in [0.2, 0.25) is 0 Å². The SMILES string of the molecule is [C-]#[N+]c1nc(-c2ccccc2)c(-c2ccc(-c3nc(C#N)c(C#N)nc3-c3ccccc3)cc2)nc1[N+]#[C-]. The predicted octanol–water partition coefficient (Wildman–Crippen LogP) is 6.78. The first kappa shape index (κ1) is 23.5. The van der Waals surface area contributed by atoms with Crippen LogP contribution in [0.3, 0.4) is 0 Å². The summed E-state index contributed by atoms with van der Waals surface area (Å²) >= 11 is 0. The number of nitrogens with zero attached hydrogens (tertiary/aromatic N) is 8. The highest BCUT2D eigenvalue weighted by atomic mass is 15.0. The van der Waals surface area contributed by atoms with E-state index in [1.807, 2.05) is 97.1 Å². The van der Waals surface area contributed by atoms with E-state index >= 15 is 0 Å². The van der Waals surface area contributed by atoms with Crippen molar-refractivity contribution < 1.29 is 0 Å². The molecule has 5 aromatic rings. The largest absolute Gasteiger partial charge is 0.370 e. The van der Waals surface area contributed by atoms with Crippen LogP contribution < -0.4 is 0 Å². The molecule has 174 valence electrons. The lowest BCUT2D eigenvalue weighted by molar-refractivity contribution is 1.14. The monoisotopic (exact) mass is 486 g/mol. The molecule has 0 unspecified atom stereocenters. The number of hydrogen-bond acceptors (Lipinski definition) is 6. The summed E-state index contributed by atoms with van der Waals surface area (Å²) < 4.78 is 0. The molecule has 0 saturated carbocycles. The Morgan fingerprint density at radius 3 is 1.11 bits per heavy atom. The van der Waals surface area contributed by atoms with E-state index in [1.165, 1.54) is 0 Å². The van der Waals surface area contributed by atoms with Gasteiger partial charge in [-0.1, -0.05) is 85.9 Å². The number of aromatic nitrogens is 4. The summed E-state index contributed by atoms with van der Waals surface area (Å²) in [7, 11) is 0. The molecule has 8 nitrogen and oxygen atoms in total. The molecule has 0 N–H and O–H groups in total. The van der Waals surface area contributed by atoms with Gasteiger partial charge >= 0.3 is 0 Å². The zero-order valence-electron chi connectivity index (χ0n) is 19.7. The summed E-state index contributed by atoms with van der Waals surface area (Å²) in [5.74, 6) is -0.120. The molecule has 0 radical (unpaired) electrons. The second-order valence-electron chi connectivity index (χ2n) is 7.94. The summed E-state index contributed by atoms with van der Waals surface area (Å²) in [4.78, 5) is 24.7. The molecular formula is C30H14N8. The van der Waals surface area contributed by atoms with Crippen molar-refractivity contribution in [2.24, 2.45) is 0 Å². The van der Waals surface area contributed by atoms with Crippen molar-refractivity contribution in [1.29, 1.82) is 10.5 Å². The zero-order chi connectivity index (χ0) is 26.5. The van der Waals surface area contributed by atoms with Gasteiger partial charge in [0.05, 0.1) is 11.4 Å². The van der Waals surface area contributed by atoms with Gasteiger partial charge < -0.3 is 9.69 Å². The Bertz CT molecular complexity index is 1700. The van der Waals surface area contributed by atoms with Crippen LogP contribution in [-0.2, 0) is 0 Å². The van der Waals surface area contributed by atoms with Gasteiger partial charge in [-0.05, 0) is 12.1 Å². The van der Waals surface area contributed by atoms with E-state index in [9.17, 15) is 10.5 Å². The van der Waals surface area contributed by atoms with Crippen LogP contribution in [-0.4, -0.2) is 19.9 Å². The molecular weight excluding hydrogens is 472 g/mol. The molecule has 38 heavy (non-hydrogen) atoms. The van der Waals surface area contributed by atoms with Crippen LogP contribution in [0.4, 0.5) is 11.6 Å². The predicted molar refractivity (Wildman–Crippen MR) is 141 cm³/mol. The first-order valence-electron chi connectivity index (χ1n) is 11.3. The third kappa shape index (κ3) is 4.30. The average molecular weight is 486 g/mol. The molecule has 2 aromatic heterocycles. The van der Waals surface area contributed by atoms with Crippen molar-refractivity contribution in [1.82, 2.24) is 19.9 Å². The topological polar surface area (TPSA) is 108 Å². The van der Waals surface area contributed by atoms with Crippen molar-refractivity contribution in [2.75, 3.05) is 0 Å². The Morgan fingerprint density at radius 2 is 0.789 bits per heavy atom. The molecule has 2 heterocycles.